The molecule has 0 aliphatic carbocycles. The number of hydrogen-bond donors (Lipinski definition) is 0. The van der Waals surface area contributed by atoms with E-state index in [9.17, 15) is 4.79 Å². The molecule has 0 aromatic carbocycles. The number of rotatable bonds is 3. The summed E-state index contributed by atoms with van der Waals surface area (Å²) < 4.78 is 5.48. The van der Waals surface area contributed by atoms with Gasteiger partial charge in [-0.25, -0.2) is 9.78 Å². The Kier molecular flexibility index (Phi) is 5.30. The lowest BCUT2D eigenvalue weighted by molar-refractivity contribution is 0.0587. The zero-order chi connectivity index (χ0) is 17.2. The standard InChI is InChI=1S/C18H29N3O2/c1-13(2)21-12-8-10-15(21)14-9-7-11-19-16(14)20(6)17(22)23-18(3,4)5/h7,9,11,13,15H,8,10,12H2,1-6H3/t15-/m0/s1. The SMILES string of the molecule is CC(C)N1CCC[C@H]1c1cccnc1N(C)C(=O)OC(C)(C)C. The molecule has 0 saturated carbocycles. The van der Waals surface area contributed by atoms with Gasteiger partial charge in [0.15, 0.2) is 0 Å². The van der Waals surface area contributed by atoms with Gasteiger partial charge < -0.3 is 4.74 Å². The van der Waals surface area contributed by atoms with E-state index in [-0.39, 0.29) is 6.09 Å². The number of amides is 1. The van der Waals surface area contributed by atoms with Crippen LogP contribution >= 0.6 is 0 Å². The summed E-state index contributed by atoms with van der Waals surface area (Å²) in [5.74, 6) is 0.694. The molecule has 0 spiro atoms. The molecule has 0 bridgehead atoms. The van der Waals surface area contributed by atoms with Crippen LogP contribution in [0.1, 0.15) is 59.1 Å². The number of likely N-dealkylation sites (tertiary alicyclic amines) is 1. The van der Waals surface area contributed by atoms with Gasteiger partial charge in [0.05, 0.1) is 0 Å². The summed E-state index contributed by atoms with van der Waals surface area (Å²) in [5.41, 5.74) is 0.588. The molecule has 0 N–H and O–H groups in total. The number of carbonyl (C=O) groups is 1. The Labute approximate surface area is 139 Å². The number of hydrogen-bond acceptors (Lipinski definition) is 4. The maximum Gasteiger partial charge on any atom is 0.415 e. The van der Waals surface area contributed by atoms with Gasteiger partial charge in [0.1, 0.15) is 11.4 Å². The lowest BCUT2D eigenvalue weighted by Crippen LogP contribution is -2.36. The molecular weight excluding hydrogens is 290 g/mol. The van der Waals surface area contributed by atoms with Gasteiger partial charge in [0.2, 0.25) is 0 Å². The third-order valence-electron chi connectivity index (χ3n) is 4.12. The fourth-order valence-corrected chi connectivity index (χ4v) is 3.11. The van der Waals surface area contributed by atoms with Crippen molar-refractivity contribution < 1.29 is 9.53 Å². The van der Waals surface area contributed by atoms with Crippen LogP contribution in [0.25, 0.3) is 0 Å². The van der Waals surface area contributed by atoms with E-state index >= 15 is 0 Å². The average molecular weight is 319 g/mol. The molecule has 1 amide bonds. The first-order valence-corrected chi connectivity index (χ1v) is 8.38. The summed E-state index contributed by atoms with van der Waals surface area (Å²) >= 11 is 0. The third-order valence-corrected chi connectivity index (χ3v) is 4.12. The molecular formula is C18H29N3O2. The molecule has 1 aliphatic heterocycles. The van der Waals surface area contributed by atoms with Crippen LogP contribution in [0.4, 0.5) is 10.6 Å². The Bertz CT molecular complexity index is 551. The quantitative estimate of drug-likeness (QED) is 0.845. The molecule has 1 aromatic rings. The van der Waals surface area contributed by atoms with Crippen molar-refractivity contribution >= 4 is 11.9 Å². The molecule has 2 rings (SSSR count). The van der Waals surface area contributed by atoms with Gasteiger partial charge in [0, 0.05) is 30.9 Å². The summed E-state index contributed by atoms with van der Waals surface area (Å²) in [6.07, 6.45) is 3.63. The van der Waals surface area contributed by atoms with E-state index in [1.54, 1.807) is 13.2 Å². The molecule has 1 aromatic heterocycles. The summed E-state index contributed by atoms with van der Waals surface area (Å²) in [6.45, 7) is 11.1. The molecule has 1 fully saturated rings. The van der Waals surface area contributed by atoms with Gasteiger partial charge in [-0.3, -0.25) is 9.80 Å². The molecule has 1 saturated heterocycles. The van der Waals surface area contributed by atoms with E-state index in [4.69, 9.17) is 4.74 Å². The first kappa shape index (κ1) is 17.7. The first-order valence-electron chi connectivity index (χ1n) is 8.38. The second kappa shape index (κ2) is 6.87. The third kappa shape index (κ3) is 4.22. The second-order valence-electron chi connectivity index (χ2n) is 7.45. The normalized spacial score (nSPS) is 19.2. The minimum Gasteiger partial charge on any atom is -0.443 e. The number of pyridine rings is 1. The van der Waals surface area contributed by atoms with Crippen LogP contribution in [0, 0.1) is 0 Å². The van der Waals surface area contributed by atoms with Gasteiger partial charge in [-0.15, -0.1) is 0 Å². The highest BCUT2D eigenvalue weighted by Gasteiger charge is 2.32. The maximum atomic E-state index is 12.4. The largest absolute Gasteiger partial charge is 0.443 e. The van der Waals surface area contributed by atoms with Crippen molar-refractivity contribution in [3.05, 3.63) is 23.9 Å². The van der Waals surface area contributed by atoms with Crippen LogP contribution < -0.4 is 4.90 Å². The number of nitrogens with zero attached hydrogens (tertiary/aromatic N) is 3. The summed E-state index contributed by atoms with van der Waals surface area (Å²) in [5, 5.41) is 0. The summed E-state index contributed by atoms with van der Waals surface area (Å²) in [4.78, 5) is 20.9. The van der Waals surface area contributed by atoms with Crippen LogP contribution in [0.3, 0.4) is 0 Å². The van der Waals surface area contributed by atoms with Gasteiger partial charge in [-0.05, 0) is 60.1 Å². The van der Waals surface area contributed by atoms with E-state index < -0.39 is 5.60 Å². The fourth-order valence-electron chi connectivity index (χ4n) is 3.11. The highest BCUT2D eigenvalue weighted by atomic mass is 16.6. The Morgan fingerprint density at radius 1 is 1.43 bits per heavy atom. The van der Waals surface area contributed by atoms with Crippen LogP contribution in [-0.2, 0) is 4.74 Å². The smallest absolute Gasteiger partial charge is 0.415 e. The Morgan fingerprint density at radius 3 is 2.74 bits per heavy atom. The molecule has 5 heteroatoms. The zero-order valence-electron chi connectivity index (χ0n) is 15.2. The Balaban J connectivity index is 2.28. The van der Waals surface area contributed by atoms with Gasteiger partial charge in [-0.2, -0.15) is 0 Å². The molecule has 0 unspecified atom stereocenters. The average Bonchev–Trinajstić information content (AvgIpc) is 2.94. The molecule has 1 atom stereocenters. The Morgan fingerprint density at radius 2 is 2.13 bits per heavy atom. The highest BCUT2D eigenvalue weighted by molar-refractivity contribution is 5.87. The van der Waals surface area contributed by atoms with Crippen LogP contribution in [-0.4, -0.2) is 41.2 Å². The van der Waals surface area contributed by atoms with Crippen molar-refractivity contribution in [2.24, 2.45) is 0 Å². The van der Waals surface area contributed by atoms with E-state index in [1.807, 2.05) is 26.8 Å². The summed E-state index contributed by atoms with van der Waals surface area (Å²) in [7, 11) is 1.73. The molecule has 23 heavy (non-hydrogen) atoms. The lowest BCUT2D eigenvalue weighted by atomic mass is 10.0. The van der Waals surface area contributed by atoms with Gasteiger partial charge in [-0.1, -0.05) is 6.07 Å². The van der Waals surface area contributed by atoms with E-state index in [2.05, 4.69) is 29.8 Å². The van der Waals surface area contributed by atoms with Crippen molar-refractivity contribution in [2.45, 2.75) is 65.1 Å². The zero-order valence-corrected chi connectivity index (χ0v) is 15.2. The lowest BCUT2D eigenvalue weighted by Gasteiger charge is -2.31. The summed E-state index contributed by atoms with van der Waals surface area (Å²) in [6, 6.07) is 4.80. The van der Waals surface area contributed by atoms with Crippen molar-refractivity contribution in [3.63, 3.8) is 0 Å². The monoisotopic (exact) mass is 319 g/mol. The van der Waals surface area contributed by atoms with Crippen molar-refractivity contribution in [2.75, 3.05) is 18.5 Å². The molecule has 1 aliphatic rings. The number of aromatic nitrogens is 1. The molecule has 5 nitrogen and oxygen atoms in total. The van der Waals surface area contributed by atoms with Crippen molar-refractivity contribution in [3.8, 4) is 0 Å². The van der Waals surface area contributed by atoms with Crippen LogP contribution in [0.5, 0.6) is 0 Å². The number of carbonyl (C=O) groups excluding carboxylic acids is 1. The number of anilines is 1. The minimum atomic E-state index is -0.516. The predicted octanol–water partition coefficient (Wildman–Crippen LogP) is 4.00. The van der Waals surface area contributed by atoms with Crippen LogP contribution in [0.15, 0.2) is 18.3 Å². The van der Waals surface area contributed by atoms with Crippen molar-refractivity contribution in [1.82, 2.24) is 9.88 Å². The highest BCUT2D eigenvalue weighted by Crippen LogP contribution is 2.37. The van der Waals surface area contributed by atoms with Gasteiger partial charge in [0.25, 0.3) is 0 Å². The van der Waals surface area contributed by atoms with E-state index in [0.717, 1.165) is 18.5 Å². The minimum absolute atomic E-state index is 0.309. The van der Waals surface area contributed by atoms with E-state index in [0.29, 0.717) is 17.9 Å². The predicted molar refractivity (Wildman–Crippen MR) is 92.7 cm³/mol. The fraction of sp³-hybridized carbons (Fsp3) is 0.667. The van der Waals surface area contributed by atoms with Gasteiger partial charge >= 0.3 is 6.09 Å². The topological polar surface area (TPSA) is 45.7 Å². The molecule has 0 radical (unpaired) electrons. The van der Waals surface area contributed by atoms with E-state index in [1.165, 1.54) is 11.3 Å². The maximum absolute atomic E-state index is 12.4. The van der Waals surface area contributed by atoms with Crippen molar-refractivity contribution in [1.29, 1.82) is 0 Å². The van der Waals surface area contributed by atoms with Crippen LogP contribution in [0.2, 0.25) is 0 Å². The number of ether oxygens (including phenoxy) is 1. The molecule has 128 valence electrons. The first-order chi connectivity index (χ1) is 10.7. The Hall–Kier alpha value is -1.62. The molecule has 2 heterocycles. The second-order valence-corrected chi connectivity index (χ2v) is 7.45.